The number of anilines is 1. The summed E-state index contributed by atoms with van der Waals surface area (Å²) in [6.07, 6.45) is 4.93. The number of fused-ring (bicyclic) bond motifs is 1. The molecule has 0 radical (unpaired) electrons. The van der Waals surface area contributed by atoms with E-state index in [0.29, 0.717) is 41.1 Å². The Balaban J connectivity index is 1.47. The molecule has 0 unspecified atom stereocenters. The second-order valence-electron chi connectivity index (χ2n) is 6.99. The summed E-state index contributed by atoms with van der Waals surface area (Å²) in [6, 6.07) is 20.5. The molecule has 6 nitrogen and oxygen atoms in total. The van der Waals surface area contributed by atoms with Gasteiger partial charge in [0.05, 0.1) is 5.69 Å². The van der Waals surface area contributed by atoms with Crippen molar-refractivity contribution in [3.05, 3.63) is 89.8 Å². The zero-order valence-electron chi connectivity index (χ0n) is 16.6. The summed E-state index contributed by atoms with van der Waals surface area (Å²) >= 11 is 0. The first kappa shape index (κ1) is 20.1. The molecule has 3 aromatic carbocycles. The highest BCUT2D eigenvalue weighted by Gasteiger charge is 2.09. The van der Waals surface area contributed by atoms with Gasteiger partial charge in [0, 0.05) is 17.5 Å². The molecule has 1 heterocycles. The Bertz CT molecular complexity index is 1260. The van der Waals surface area contributed by atoms with Crippen LogP contribution in [0.2, 0.25) is 0 Å². The summed E-state index contributed by atoms with van der Waals surface area (Å²) in [4.78, 5) is 26.5. The van der Waals surface area contributed by atoms with Gasteiger partial charge >= 0.3 is 6.09 Å². The number of allylic oxidation sites excluding steroid dienone is 1. The minimum Gasteiger partial charge on any atom is -0.465 e. The van der Waals surface area contributed by atoms with Gasteiger partial charge in [-0.25, -0.2) is 9.78 Å². The monoisotopic (exact) mass is 412 g/mol. The van der Waals surface area contributed by atoms with E-state index in [0.717, 1.165) is 23.0 Å². The Labute approximate surface area is 178 Å². The lowest BCUT2D eigenvalue weighted by Crippen LogP contribution is -2.08. The maximum absolute atomic E-state index is 11.2. The number of aldehydes is 1. The number of aryl methyl sites for hydroxylation is 1. The summed E-state index contributed by atoms with van der Waals surface area (Å²) < 4.78 is 5.71. The maximum Gasteiger partial charge on any atom is 0.409 e. The highest BCUT2D eigenvalue weighted by Crippen LogP contribution is 2.29. The highest BCUT2D eigenvalue weighted by atomic mass is 16.4. The number of rotatable bonds is 7. The summed E-state index contributed by atoms with van der Waals surface area (Å²) in [5.41, 5.74) is 5.08. The van der Waals surface area contributed by atoms with Gasteiger partial charge in [0.1, 0.15) is 11.8 Å². The molecule has 4 aromatic rings. The summed E-state index contributed by atoms with van der Waals surface area (Å²) in [5, 5.41) is 11.7. The Morgan fingerprint density at radius 3 is 2.61 bits per heavy atom. The first-order valence-corrected chi connectivity index (χ1v) is 9.83. The van der Waals surface area contributed by atoms with E-state index in [1.165, 1.54) is 0 Å². The second-order valence-corrected chi connectivity index (χ2v) is 6.99. The van der Waals surface area contributed by atoms with Crippen molar-refractivity contribution in [1.82, 2.24) is 4.98 Å². The van der Waals surface area contributed by atoms with Crippen LogP contribution < -0.4 is 5.32 Å². The fourth-order valence-corrected chi connectivity index (χ4v) is 3.35. The van der Waals surface area contributed by atoms with E-state index >= 15 is 0 Å². The fourth-order valence-electron chi connectivity index (χ4n) is 3.35. The number of carbonyl (C=O) groups excluding carboxylic acids is 1. The first-order chi connectivity index (χ1) is 15.1. The predicted octanol–water partition coefficient (Wildman–Crippen LogP) is 6.04. The molecule has 0 aliphatic rings. The number of hydrogen-bond acceptors (Lipinski definition) is 4. The normalized spacial score (nSPS) is 11.1. The van der Waals surface area contributed by atoms with Crippen molar-refractivity contribution in [2.45, 2.75) is 12.8 Å². The molecule has 0 saturated heterocycles. The van der Waals surface area contributed by atoms with Crippen LogP contribution >= 0.6 is 0 Å². The predicted molar refractivity (Wildman–Crippen MR) is 120 cm³/mol. The van der Waals surface area contributed by atoms with Gasteiger partial charge in [0.15, 0.2) is 11.5 Å². The molecule has 0 fully saturated rings. The lowest BCUT2D eigenvalue weighted by molar-refractivity contribution is 0.112. The van der Waals surface area contributed by atoms with Crippen molar-refractivity contribution in [3.63, 3.8) is 0 Å². The van der Waals surface area contributed by atoms with Crippen LogP contribution in [-0.4, -0.2) is 22.5 Å². The van der Waals surface area contributed by atoms with Crippen LogP contribution in [0.3, 0.4) is 0 Å². The van der Waals surface area contributed by atoms with Gasteiger partial charge < -0.3 is 9.52 Å². The van der Waals surface area contributed by atoms with E-state index in [-0.39, 0.29) is 0 Å². The van der Waals surface area contributed by atoms with E-state index in [1.54, 1.807) is 18.2 Å². The van der Waals surface area contributed by atoms with Crippen LogP contribution in [0.25, 0.3) is 28.3 Å². The third-order valence-corrected chi connectivity index (χ3v) is 4.80. The van der Waals surface area contributed by atoms with Crippen molar-refractivity contribution in [2.75, 3.05) is 5.32 Å². The number of aromatic nitrogens is 1. The zero-order valence-corrected chi connectivity index (χ0v) is 16.6. The van der Waals surface area contributed by atoms with Crippen LogP contribution in [0, 0.1) is 0 Å². The molecule has 0 atom stereocenters. The van der Waals surface area contributed by atoms with Gasteiger partial charge in [-0.15, -0.1) is 0 Å². The molecule has 4 rings (SSSR count). The van der Waals surface area contributed by atoms with Crippen LogP contribution in [0.4, 0.5) is 10.5 Å². The molecule has 0 spiro atoms. The molecule has 1 aromatic heterocycles. The Hall–Kier alpha value is -4.19. The van der Waals surface area contributed by atoms with Crippen molar-refractivity contribution in [3.8, 4) is 11.1 Å². The number of nitrogens with one attached hydrogen (secondary N) is 1. The van der Waals surface area contributed by atoms with Crippen molar-refractivity contribution >= 4 is 35.2 Å². The molecule has 1 amide bonds. The lowest BCUT2D eigenvalue weighted by Gasteiger charge is -2.10. The van der Waals surface area contributed by atoms with E-state index < -0.39 is 6.09 Å². The second kappa shape index (κ2) is 9.09. The third kappa shape index (κ3) is 4.87. The molecule has 0 bridgehead atoms. The van der Waals surface area contributed by atoms with E-state index in [1.807, 2.05) is 60.7 Å². The highest BCUT2D eigenvalue weighted by molar-refractivity contribution is 5.91. The van der Waals surface area contributed by atoms with Crippen molar-refractivity contribution < 1.29 is 19.1 Å². The number of nitrogens with zero attached hydrogens (tertiary/aromatic N) is 1. The molecule has 0 aliphatic carbocycles. The third-order valence-electron chi connectivity index (χ3n) is 4.80. The quantitative estimate of drug-likeness (QED) is 0.361. The maximum atomic E-state index is 11.2. The Morgan fingerprint density at radius 2 is 1.84 bits per heavy atom. The number of hydrogen-bond donors (Lipinski definition) is 2. The zero-order chi connectivity index (χ0) is 21.6. The van der Waals surface area contributed by atoms with Crippen molar-refractivity contribution in [2.24, 2.45) is 0 Å². The SMILES string of the molecule is O=Cc1ccc2oc(CCC=Cc3ccc(-c4ccccc4)c(NC(=O)O)c3)nc2c1. The molecular formula is C25H20N2O4. The molecule has 0 saturated carbocycles. The lowest BCUT2D eigenvalue weighted by atomic mass is 10.0. The summed E-state index contributed by atoms with van der Waals surface area (Å²) in [7, 11) is 0. The molecule has 154 valence electrons. The number of benzene rings is 3. The smallest absolute Gasteiger partial charge is 0.409 e. The van der Waals surface area contributed by atoms with Gasteiger partial charge in [-0.05, 0) is 41.8 Å². The van der Waals surface area contributed by atoms with Crippen LogP contribution in [0.5, 0.6) is 0 Å². The summed E-state index contributed by atoms with van der Waals surface area (Å²) in [5.74, 6) is 0.607. The van der Waals surface area contributed by atoms with Crippen LogP contribution in [0.1, 0.15) is 28.2 Å². The van der Waals surface area contributed by atoms with Crippen LogP contribution in [0.15, 0.2) is 77.2 Å². The van der Waals surface area contributed by atoms with Gasteiger partial charge in [-0.2, -0.15) is 0 Å². The largest absolute Gasteiger partial charge is 0.465 e. The number of amides is 1. The van der Waals surface area contributed by atoms with Gasteiger partial charge in [0.2, 0.25) is 0 Å². The standard InChI is InChI=1S/C25H20N2O4/c28-16-18-11-13-23-22(15-18)26-24(31-23)9-5-4-6-17-10-12-20(19-7-2-1-3-8-19)21(14-17)27-25(29)30/h1-4,6-8,10-16,27H,5,9H2,(H,29,30). The molecule has 31 heavy (non-hydrogen) atoms. The topological polar surface area (TPSA) is 92.4 Å². The van der Waals surface area contributed by atoms with Gasteiger partial charge in [-0.3, -0.25) is 10.1 Å². The molecule has 6 heteroatoms. The average Bonchev–Trinajstić information content (AvgIpc) is 3.19. The number of carbonyl (C=O) groups is 2. The average molecular weight is 412 g/mol. The fraction of sp³-hybridized carbons (Fsp3) is 0.0800. The van der Waals surface area contributed by atoms with Gasteiger partial charge in [-0.1, -0.05) is 54.6 Å². The molecule has 2 N–H and O–H groups in total. The Kier molecular flexibility index (Phi) is 5.89. The summed E-state index contributed by atoms with van der Waals surface area (Å²) in [6.45, 7) is 0. The number of carboxylic acid groups (broad SMARTS) is 1. The van der Waals surface area contributed by atoms with E-state index in [4.69, 9.17) is 4.42 Å². The number of oxazole rings is 1. The minimum absolute atomic E-state index is 0.533. The first-order valence-electron chi connectivity index (χ1n) is 9.83. The Morgan fingerprint density at radius 1 is 1.03 bits per heavy atom. The van der Waals surface area contributed by atoms with Crippen molar-refractivity contribution in [1.29, 1.82) is 0 Å². The minimum atomic E-state index is -1.10. The van der Waals surface area contributed by atoms with Gasteiger partial charge in [0.25, 0.3) is 0 Å². The van der Waals surface area contributed by atoms with E-state index in [2.05, 4.69) is 10.3 Å². The molecular weight excluding hydrogens is 392 g/mol. The molecule has 0 aliphatic heterocycles. The van der Waals surface area contributed by atoms with E-state index in [9.17, 15) is 14.7 Å². The van der Waals surface area contributed by atoms with Crippen LogP contribution in [-0.2, 0) is 6.42 Å².